The Kier molecular flexibility index (Phi) is 7.37. The van der Waals surface area contributed by atoms with Gasteiger partial charge in [0.2, 0.25) is 5.91 Å². The van der Waals surface area contributed by atoms with Crippen LogP contribution in [-0.4, -0.2) is 53.2 Å². The maximum atomic E-state index is 13.8. The fourth-order valence-electron chi connectivity index (χ4n) is 4.42. The largest absolute Gasteiger partial charge is 0.351 e. The first-order valence-electron chi connectivity index (χ1n) is 11.1. The number of fused-ring (bicyclic) bond motifs is 1. The second-order valence-electron chi connectivity index (χ2n) is 8.47. The molecule has 3 atom stereocenters. The third kappa shape index (κ3) is 5.15. The van der Waals surface area contributed by atoms with E-state index in [2.05, 4.69) is 26.6 Å². The van der Waals surface area contributed by atoms with Crippen LogP contribution >= 0.6 is 15.9 Å². The molecule has 0 unspecified atom stereocenters. The van der Waals surface area contributed by atoms with Crippen molar-refractivity contribution in [3.8, 4) is 0 Å². The highest BCUT2D eigenvalue weighted by atomic mass is 79.9. The van der Waals surface area contributed by atoms with Crippen molar-refractivity contribution < 1.29 is 18.8 Å². The number of hydrogen-bond donors (Lipinski definition) is 4. The molecule has 1 saturated heterocycles. The number of hydrogen-bond acceptors (Lipinski definition) is 4. The van der Waals surface area contributed by atoms with E-state index < -0.39 is 36.7 Å². The number of aromatic nitrogens is 1. The molecule has 0 saturated carbocycles. The molecule has 3 aromatic rings. The van der Waals surface area contributed by atoms with Gasteiger partial charge in [-0.05, 0) is 42.6 Å². The summed E-state index contributed by atoms with van der Waals surface area (Å²) in [5.74, 6) is -0.545. The Morgan fingerprint density at radius 3 is 2.63 bits per heavy atom. The molecule has 0 radical (unpaired) electrons. The fourth-order valence-corrected chi connectivity index (χ4v) is 4.83. The predicted molar refractivity (Wildman–Crippen MR) is 135 cm³/mol. The summed E-state index contributed by atoms with van der Waals surface area (Å²) < 4.78 is 15.8. The first-order chi connectivity index (χ1) is 16.8. The van der Waals surface area contributed by atoms with E-state index in [0.717, 1.165) is 4.47 Å². The zero-order chi connectivity index (χ0) is 25.1. The SMILES string of the molecule is NC[C@H]1C[C@@H](C(=O)N[C@H](CF)c2cccc(Br)c2)N(C(=O)Nc2cn(C(N)=O)c3ccccc23)C1. The van der Waals surface area contributed by atoms with Gasteiger partial charge in [-0.2, -0.15) is 0 Å². The summed E-state index contributed by atoms with van der Waals surface area (Å²) in [6, 6.07) is 11.2. The first kappa shape index (κ1) is 24.7. The zero-order valence-electron chi connectivity index (χ0n) is 18.8. The van der Waals surface area contributed by atoms with Gasteiger partial charge < -0.3 is 27.0 Å². The topological polar surface area (TPSA) is 135 Å². The number of nitrogens with two attached hydrogens (primary N) is 2. The van der Waals surface area contributed by atoms with E-state index in [-0.39, 0.29) is 12.5 Å². The number of nitrogens with zero attached hydrogens (tertiary/aromatic N) is 2. The number of carbonyl (C=O) groups is 3. The maximum absolute atomic E-state index is 13.8. The van der Waals surface area contributed by atoms with Gasteiger partial charge >= 0.3 is 12.1 Å². The molecule has 4 rings (SSSR count). The number of benzene rings is 2. The highest BCUT2D eigenvalue weighted by Gasteiger charge is 2.40. The number of amides is 4. The molecule has 2 heterocycles. The number of anilines is 1. The van der Waals surface area contributed by atoms with Crippen LogP contribution in [-0.2, 0) is 4.79 Å². The van der Waals surface area contributed by atoms with Crippen LogP contribution in [0.2, 0.25) is 0 Å². The number of likely N-dealkylation sites (tertiary alicyclic amines) is 1. The number of urea groups is 1. The molecule has 11 heteroatoms. The number of rotatable bonds is 6. The first-order valence-corrected chi connectivity index (χ1v) is 11.9. The third-order valence-corrected chi connectivity index (χ3v) is 6.69. The lowest BCUT2D eigenvalue weighted by atomic mass is 10.0. The average molecular weight is 545 g/mol. The molecule has 1 aliphatic rings. The second-order valence-corrected chi connectivity index (χ2v) is 9.39. The van der Waals surface area contributed by atoms with Crippen molar-refractivity contribution in [2.24, 2.45) is 17.4 Å². The van der Waals surface area contributed by atoms with Crippen molar-refractivity contribution in [3.05, 3.63) is 64.8 Å². The molecular formula is C24H26BrFN6O3. The molecule has 0 spiro atoms. The van der Waals surface area contributed by atoms with Gasteiger partial charge in [0.25, 0.3) is 0 Å². The molecule has 1 aliphatic heterocycles. The van der Waals surface area contributed by atoms with Gasteiger partial charge in [-0.1, -0.05) is 46.3 Å². The van der Waals surface area contributed by atoms with Crippen LogP contribution in [0, 0.1) is 5.92 Å². The number of halogens is 2. The van der Waals surface area contributed by atoms with Crippen LogP contribution in [0.1, 0.15) is 18.0 Å². The molecule has 9 nitrogen and oxygen atoms in total. The standard InChI is InChI=1S/C24H26BrFN6O3/c25-16-5-3-4-15(9-16)18(10-26)29-22(33)21-8-14(11-27)12-32(21)24(35)30-19-13-31(23(28)34)20-7-2-1-6-17(19)20/h1-7,9,13-14,18,21H,8,10-12,27H2,(H2,28,34)(H,29,33)(H,30,35)/t14-,18-,21+/m1/s1. The minimum atomic E-state index is -0.852. The van der Waals surface area contributed by atoms with E-state index in [1.54, 1.807) is 42.5 Å². The van der Waals surface area contributed by atoms with E-state index in [9.17, 15) is 18.8 Å². The van der Waals surface area contributed by atoms with E-state index in [4.69, 9.17) is 11.5 Å². The summed E-state index contributed by atoms with van der Waals surface area (Å²) in [6.07, 6.45) is 1.80. The summed E-state index contributed by atoms with van der Waals surface area (Å²) >= 11 is 3.36. The quantitative estimate of drug-likeness (QED) is 0.378. The molecule has 2 aromatic carbocycles. The Labute approximate surface area is 209 Å². The van der Waals surface area contributed by atoms with Crippen molar-refractivity contribution in [3.63, 3.8) is 0 Å². The van der Waals surface area contributed by atoms with E-state index >= 15 is 0 Å². The summed E-state index contributed by atoms with van der Waals surface area (Å²) in [4.78, 5) is 39.7. The molecule has 0 aliphatic carbocycles. The van der Waals surface area contributed by atoms with Crippen molar-refractivity contribution >= 4 is 50.5 Å². The number of carbonyl (C=O) groups excluding carboxylic acids is 3. The van der Waals surface area contributed by atoms with Crippen LogP contribution in [0.25, 0.3) is 10.9 Å². The van der Waals surface area contributed by atoms with Gasteiger partial charge in [0.05, 0.1) is 17.2 Å². The molecule has 1 fully saturated rings. The zero-order valence-corrected chi connectivity index (χ0v) is 20.4. The van der Waals surface area contributed by atoms with E-state index in [1.165, 1.54) is 15.7 Å². The van der Waals surface area contributed by atoms with Crippen LogP contribution in [0.5, 0.6) is 0 Å². The number of para-hydroxylation sites is 1. The smallest absolute Gasteiger partial charge is 0.323 e. The van der Waals surface area contributed by atoms with Crippen molar-refractivity contribution in [2.45, 2.75) is 18.5 Å². The molecule has 35 heavy (non-hydrogen) atoms. The van der Waals surface area contributed by atoms with Crippen LogP contribution in [0.15, 0.2) is 59.2 Å². The molecular weight excluding hydrogens is 519 g/mol. The monoisotopic (exact) mass is 544 g/mol. The normalized spacial score (nSPS) is 18.4. The van der Waals surface area contributed by atoms with E-state index in [1.807, 2.05) is 6.07 Å². The van der Waals surface area contributed by atoms with Gasteiger partial charge in [-0.15, -0.1) is 0 Å². The predicted octanol–water partition coefficient (Wildman–Crippen LogP) is 3.34. The van der Waals surface area contributed by atoms with Crippen molar-refractivity contribution in [1.82, 2.24) is 14.8 Å². The summed E-state index contributed by atoms with van der Waals surface area (Å²) in [5, 5.41) is 6.15. The number of alkyl halides is 1. The lowest BCUT2D eigenvalue weighted by molar-refractivity contribution is -0.125. The second kappa shape index (κ2) is 10.4. The Bertz CT molecular complexity index is 1270. The number of primary amides is 1. The minimum absolute atomic E-state index is 0.0850. The molecule has 6 N–H and O–H groups in total. The third-order valence-electron chi connectivity index (χ3n) is 6.20. The lowest BCUT2D eigenvalue weighted by Gasteiger charge is -2.26. The highest BCUT2D eigenvalue weighted by molar-refractivity contribution is 9.10. The molecule has 184 valence electrons. The van der Waals surface area contributed by atoms with Gasteiger partial charge in [-0.3, -0.25) is 9.36 Å². The van der Waals surface area contributed by atoms with Gasteiger partial charge in [0.15, 0.2) is 0 Å². The van der Waals surface area contributed by atoms with Crippen LogP contribution in [0.4, 0.5) is 19.7 Å². The molecule has 0 bridgehead atoms. The Morgan fingerprint density at radius 1 is 1.17 bits per heavy atom. The summed E-state index contributed by atoms with van der Waals surface area (Å²) in [7, 11) is 0. The fraction of sp³-hybridized carbons (Fsp3) is 0.292. The minimum Gasteiger partial charge on any atom is -0.351 e. The Morgan fingerprint density at radius 2 is 1.94 bits per heavy atom. The highest BCUT2D eigenvalue weighted by Crippen LogP contribution is 2.29. The van der Waals surface area contributed by atoms with Crippen LogP contribution in [0.3, 0.4) is 0 Å². The van der Waals surface area contributed by atoms with Gasteiger partial charge in [-0.25, -0.2) is 14.0 Å². The average Bonchev–Trinajstić information content (AvgIpc) is 3.45. The van der Waals surface area contributed by atoms with Crippen molar-refractivity contribution in [2.75, 3.05) is 25.1 Å². The van der Waals surface area contributed by atoms with Crippen LogP contribution < -0.4 is 22.1 Å². The van der Waals surface area contributed by atoms with Crippen molar-refractivity contribution in [1.29, 1.82) is 0 Å². The van der Waals surface area contributed by atoms with E-state index in [0.29, 0.717) is 35.1 Å². The summed E-state index contributed by atoms with van der Waals surface area (Å²) in [6.45, 7) is -0.229. The molecule has 1 aromatic heterocycles. The number of nitrogens with one attached hydrogen (secondary N) is 2. The molecule has 4 amide bonds. The van der Waals surface area contributed by atoms with Gasteiger partial charge in [0, 0.05) is 22.6 Å². The Hall–Kier alpha value is -3.44. The maximum Gasteiger partial charge on any atom is 0.323 e. The summed E-state index contributed by atoms with van der Waals surface area (Å²) in [5.41, 5.74) is 12.9. The Balaban J connectivity index is 1.55. The van der Waals surface area contributed by atoms with Gasteiger partial charge in [0.1, 0.15) is 12.7 Å². The lowest BCUT2D eigenvalue weighted by Crippen LogP contribution is -2.48.